The van der Waals surface area contributed by atoms with E-state index in [0.29, 0.717) is 18.0 Å². The minimum atomic E-state index is -0.975. The van der Waals surface area contributed by atoms with Crippen LogP contribution in [0.15, 0.2) is 24.3 Å². The number of carbonyl (C=O) groups is 3. The fourth-order valence-electron chi connectivity index (χ4n) is 2.51. The maximum Gasteiger partial charge on any atom is 0.325 e. The maximum absolute atomic E-state index is 12.9. The molecule has 1 aliphatic heterocycles. The molecule has 1 unspecified atom stereocenters. The van der Waals surface area contributed by atoms with Crippen molar-refractivity contribution in [3.63, 3.8) is 0 Å². The van der Waals surface area contributed by atoms with Crippen LogP contribution in [0.3, 0.4) is 0 Å². The zero-order valence-electron chi connectivity index (χ0n) is 14.1. The smallest absolute Gasteiger partial charge is 0.325 e. The Morgan fingerprint density at radius 1 is 1.29 bits per heavy atom. The van der Waals surface area contributed by atoms with Gasteiger partial charge in [0.1, 0.15) is 17.9 Å². The molecule has 6 nitrogen and oxygen atoms in total. The fourth-order valence-corrected chi connectivity index (χ4v) is 2.51. The van der Waals surface area contributed by atoms with Crippen molar-refractivity contribution in [3.05, 3.63) is 30.1 Å². The van der Waals surface area contributed by atoms with Crippen molar-refractivity contribution in [2.45, 2.75) is 39.2 Å². The van der Waals surface area contributed by atoms with E-state index >= 15 is 0 Å². The lowest BCUT2D eigenvalue weighted by Crippen LogP contribution is -2.44. The number of carbonyl (C=O) groups excluding carboxylic acids is 3. The number of hydrogen-bond acceptors (Lipinski definition) is 3. The van der Waals surface area contributed by atoms with Gasteiger partial charge in [0.25, 0.3) is 5.91 Å². The molecular weight excluding hydrogens is 313 g/mol. The highest BCUT2D eigenvalue weighted by Crippen LogP contribution is 2.24. The summed E-state index contributed by atoms with van der Waals surface area (Å²) >= 11 is 0. The molecule has 24 heavy (non-hydrogen) atoms. The summed E-state index contributed by atoms with van der Waals surface area (Å²) in [6.45, 7) is 5.38. The first-order valence-electron chi connectivity index (χ1n) is 7.91. The van der Waals surface area contributed by atoms with Gasteiger partial charge in [-0.1, -0.05) is 13.8 Å². The van der Waals surface area contributed by atoms with E-state index in [1.165, 1.54) is 24.3 Å². The van der Waals surface area contributed by atoms with Crippen LogP contribution in [0, 0.1) is 11.7 Å². The molecule has 1 atom stereocenters. The third-order valence-electron chi connectivity index (χ3n) is 4.00. The van der Waals surface area contributed by atoms with Crippen LogP contribution in [-0.4, -0.2) is 34.8 Å². The molecule has 1 aromatic rings. The number of halogens is 1. The molecule has 0 aromatic heterocycles. The molecule has 1 aliphatic rings. The predicted molar refractivity (Wildman–Crippen MR) is 87.8 cm³/mol. The van der Waals surface area contributed by atoms with Gasteiger partial charge in [0, 0.05) is 5.69 Å². The highest BCUT2D eigenvalue weighted by molar-refractivity contribution is 6.09. The van der Waals surface area contributed by atoms with E-state index in [9.17, 15) is 18.8 Å². The molecule has 0 saturated carbocycles. The fraction of sp³-hybridized carbons (Fsp3) is 0.471. The van der Waals surface area contributed by atoms with Gasteiger partial charge in [-0.2, -0.15) is 0 Å². The zero-order valence-corrected chi connectivity index (χ0v) is 14.1. The van der Waals surface area contributed by atoms with Gasteiger partial charge >= 0.3 is 6.03 Å². The van der Waals surface area contributed by atoms with Gasteiger partial charge in [-0.25, -0.2) is 9.18 Å². The first-order chi connectivity index (χ1) is 11.2. The Balaban J connectivity index is 1.98. The summed E-state index contributed by atoms with van der Waals surface area (Å²) < 4.78 is 12.9. The third kappa shape index (κ3) is 4.10. The second-order valence-corrected chi connectivity index (χ2v) is 6.64. The SMILES string of the molecule is CC(C)CCC1(C)NC(=O)N(CC(=O)Nc2ccc(F)cc2)C1=O. The van der Waals surface area contributed by atoms with Gasteiger partial charge in [-0.15, -0.1) is 0 Å². The lowest BCUT2D eigenvalue weighted by Gasteiger charge is -2.22. The first kappa shape index (κ1) is 17.9. The maximum atomic E-state index is 12.9. The Morgan fingerprint density at radius 3 is 2.50 bits per heavy atom. The number of benzene rings is 1. The standard InChI is InChI=1S/C17H22FN3O3/c1-11(2)8-9-17(3)15(23)21(16(24)20-17)10-14(22)19-13-6-4-12(18)5-7-13/h4-7,11H,8-10H2,1-3H3,(H,19,22)(H,20,24). The van der Waals surface area contributed by atoms with Gasteiger partial charge in [0.2, 0.25) is 5.91 Å². The van der Waals surface area contributed by atoms with E-state index in [1.807, 2.05) is 13.8 Å². The van der Waals surface area contributed by atoms with Crippen molar-refractivity contribution in [2.75, 3.05) is 11.9 Å². The van der Waals surface area contributed by atoms with Gasteiger partial charge in [-0.3, -0.25) is 14.5 Å². The van der Waals surface area contributed by atoms with Crippen molar-refractivity contribution in [1.82, 2.24) is 10.2 Å². The minimum absolute atomic E-state index is 0.376. The van der Waals surface area contributed by atoms with Crippen molar-refractivity contribution in [2.24, 2.45) is 5.92 Å². The van der Waals surface area contributed by atoms with E-state index in [0.717, 1.165) is 11.3 Å². The molecule has 0 radical (unpaired) electrons. The second kappa shape index (κ2) is 6.98. The Bertz CT molecular complexity index is 645. The van der Waals surface area contributed by atoms with Crippen LogP contribution in [0.2, 0.25) is 0 Å². The number of rotatable bonds is 6. The topological polar surface area (TPSA) is 78.5 Å². The average Bonchev–Trinajstić information content (AvgIpc) is 2.72. The average molecular weight is 335 g/mol. The van der Waals surface area contributed by atoms with Gasteiger partial charge in [0.15, 0.2) is 0 Å². The van der Waals surface area contributed by atoms with Crippen LogP contribution in [0.4, 0.5) is 14.9 Å². The second-order valence-electron chi connectivity index (χ2n) is 6.64. The number of hydrogen-bond donors (Lipinski definition) is 2. The summed E-state index contributed by atoms with van der Waals surface area (Å²) in [5, 5.41) is 5.21. The van der Waals surface area contributed by atoms with Crippen LogP contribution < -0.4 is 10.6 Å². The Kier molecular flexibility index (Phi) is 5.21. The molecule has 2 rings (SSSR count). The molecule has 1 saturated heterocycles. The van der Waals surface area contributed by atoms with Crippen molar-refractivity contribution >= 4 is 23.5 Å². The summed E-state index contributed by atoms with van der Waals surface area (Å²) in [5.74, 6) is -0.925. The number of anilines is 1. The van der Waals surface area contributed by atoms with E-state index in [1.54, 1.807) is 6.92 Å². The Morgan fingerprint density at radius 2 is 1.92 bits per heavy atom. The van der Waals surface area contributed by atoms with E-state index in [4.69, 9.17) is 0 Å². The van der Waals surface area contributed by atoms with Crippen molar-refractivity contribution in [3.8, 4) is 0 Å². The first-order valence-corrected chi connectivity index (χ1v) is 7.91. The molecule has 130 valence electrons. The largest absolute Gasteiger partial charge is 0.325 e. The normalized spacial score (nSPS) is 20.5. The predicted octanol–water partition coefficient (Wildman–Crippen LogP) is 2.51. The number of urea groups is 1. The van der Waals surface area contributed by atoms with Crippen LogP contribution in [0.5, 0.6) is 0 Å². The molecule has 1 aromatic carbocycles. The number of amides is 4. The highest BCUT2D eigenvalue weighted by Gasteiger charge is 2.47. The summed E-state index contributed by atoms with van der Waals surface area (Å²) in [6.07, 6.45) is 1.31. The van der Waals surface area contributed by atoms with E-state index in [-0.39, 0.29) is 6.54 Å². The highest BCUT2D eigenvalue weighted by atomic mass is 19.1. The van der Waals surface area contributed by atoms with Crippen LogP contribution >= 0.6 is 0 Å². The lowest BCUT2D eigenvalue weighted by molar-refractivity contribution is -0.133. The van der Waals surface area contributed by atoms with E-state index in [2.05, 4.69) is 10.6 Å². The van der Waals surface area contributed by atoms with E-state index < -0.39 is 29.2 Å². The summed E-state index contributed by atoms with van der Waals surface area (Å²) in [7, 11) is 0. The minimum Gasteiger partial charge on any atom is -0.325 e. The summed E-state index contributed by atoms with van der Waals surface area (Å²) in [5.41, 5.74) is -0.576. The molecular formula is C17H22FN3O3. The van der Waals surface area contributed by atoms with Gasteiger partial charge in [-0.05, 0) is 49.9 Å². The molecule has 0 bridgehead atoms. The number of nitrogens with zero attached hydrogens (tertiary/aromatic N) is 1. The van der Waals surface area contributed by atoms with Crippen molar-refractivity contribution in [1.29, 1.82) is 0 Å². The Labute approximate surface area is 140 Å². The Hall–Kier alpha value is -2.44. The summed E-state index contributed by atoms with van der Waals surface area (Å²) in [6, 6.07) is 4.68. The monoisotopic (exact) mass is 335 g/mol. The number of nitrogens with one attached hydrogen (secondary N) is 2. The molecule has 0 aliphatic carbocycles. The van der Waals surface area contributed by atoms with Crippen LogP contribution in [-0.2, 0) is 9.59 Å². The summed E-state index contributed by atoms with van der Waals surface area (Å²) in [4.78, 5) is 37.5. The molecule has 1 fully saturated rings. The molecule has 7 heteroatoms. The molecule has 4 amide bonds. The molecule has 1 heterocycles. The quantitative estimate of drug-likeness (QED) is 0.784. The van der Waals surface area contributed by atoms with Crippen molar-refractivity contribution < 1.29 is 18.8 Å². The van der Waals surface area contributed by atoms with Crippen LogP contribution in [0.25, 0.3) is 0 Å². The molecule has 2 N–H and O–H groups in total. The third-order valence-corrected chi connectivity index (χ3v) is 4.00. The van der Waals surface area contributed by atoms with Crippen LogP contribution in [0.1, 0.15) is 33.6 Å². The van der Waals surface area contributed by atoms with Gasteiger partial charge in [0.05, 0.1) is 0 Å². The lowest BCUT2D eigenvalue weighted by atomic mass is 9.92. The zero-order chi connectivity index (χ0) is 17.9. The van der Waals surface area contributed by atoms with Gasteiger partial charge < -0.3 is 10.6 Å². The molecule has 0 spiro atoms. The number of imide groups is 1.